The molecule has 17 heavy (non-hydrogen) atoms. The number of carbonyl (C=O) groups excluding carboxylic acids is 1. The second-order valence-corrected chi connectivity index (χ2v) is 4.26. The van der Waals surface area contributed by atoms with E-state index < -0.39 is 0 Å². The molecule has 2 rings (SSSR count). The zero-order valence-electron chi connectivity index (χ0n) is 10.1. The molecule has 0 N–H and O–H groups in total. The molecular formula is C13H17N3O. The predicted octanol–water partition coefficient (Wildman–Crippen LogP) is 1.54. The van der Waals surface area contributed by atoms with Gasteiger partial charge < -0.3 is 4.90 Å². The summed E-state index contributed by atoms with van der Waals surface area (Å²) in [4.78, 5) is 21.9. The second kappa shape index (κ2) is 5.08. The molecule has 2 heterocycles. The number of rotatable bonds is 3. The number of amides is 1. The summed E-state index contributed by atoms with van der Waals surface area (Å²) in [5.41, 5.74) is 1.13. The van der Waals surface area contributed by atoms with Crippen LogP contribution in [0, 0.1) is 0 Å². The van der Waals surface area contributed by atoms with Crippen LogP contribution in [0.4, 0.5) is 0 Å². The first-order valence-corrected chi connectivity index (χ1v) is 5.96. The molecular weight excluding hydrogens is 214 g/mol. The summed E-state index contributed by atoms with van der Waals surface area (Å²) in [6.45, 7) is 7.09. The summed E-state index contributed by atoms with van der Waals surface area (Å²) in [6, 6.07) is 0. The third-order valence-electron chi connectivity index (χ3n) is 3.19. The van der Waals surface area contributed by atoms with Gasteiger partial charge in [-0.05, 0) is 18.1 Å². The van der Waals surface area contributed by atoms with Crippen LogP contribution in [0.3, 0.4) is 0 Å². The number of hydrogen-bond donors (Lipinski definition) is 0. The highest BCUT2D eigenvalue weighted by molar-refractivity contribution is 5.87. The van der Waals surface area contributed by atoms with Crippen molar-refractivity contribution < 1.29 is 4.79 Å². The van der Waals surface area contributed by atoms with E-state index in [1.165, 1.54) is 6.08 Å². The van der Waals surface area contributed by atoms with E-state index >= 15 is 0 Å². The van der Waals surface area contributed by atoms with Crippen LogP contribution in [-0.4, -0.2) is 33.9 Å². The van der Waals surface area contributed by atoms with Crippen molar-refractivity contribution in [1.82, 2.24) is 14.9 Å². The molecule has 0 aliphatic carbocycles. The topological polar surface area (TPSA) is 46.1 Å². The van der Waals surface area contributed by atoms with Crippen molar-refractivity contribution in [3.63, 3.8) is 0 Å². The maximum atomic E-state index is 11.5. The van der Waals surface area contributed by atoms with Crippen LogP contribution in [0.2, 0.25) is 0 Å². The molecule has 1 unspecified atom stereocenters. The highest BCUT2D eigenvalue weighted by Crippen LogP contribution is 2.26. The molecule has 0 radical (unpaired) electrons. The van der Waals surface area contributed by atoms with E-state index in [-0.39, 0.29) is 5.91 Å². The van der Waals surface area contributed by atoms with Gasteiger partial charge in [0.05, 0.1) is 0 Å². The Morgan fingerprint density at radius 3 is 2.88 bits per heavy atom. The van der Waals surface area contributed by atoms with E-state index in [9.17, 15) is 4.79 Å². The minimum Gasteiger partial charge on any atom is -0.339 e. The summed E-state index contributed by atoms with van der Waals surface area (Å²) in [5, 5.41) is 0. The lowest BCUT2D eigenvalue weighted by Crippen LogP contribution is -2.26. The fraction of sp³-hybridized carbons (Fsp3) is 0.462. The normalized spacial score (nSPS) is 19.4. The van der Waals surface area contributed by atoms with Crippen LogP contribution in [0.5, 0.6) is 0 Å². The molecule has 1 amide bonds. The minimum absolute atomic E-state index is 0.0126. The first-order chi connectivity index (χ1) is 8.24. The van der Waals surface area contributed by atoms with Crippen LogP contribution in [0.25, 0.3) is 0 Å². The van der Waals surface area contributed by atoms with Gasteiger partial charge in [0.1, 0.15) is 5.82 Å². The quantitative estimate of drug-likeness (QED) is 0.741. The van der Waals surface area contributed by atoms with Gasteiger partial charge in [-0.3, -0.25) is 4.79 Å². The average Bonchev–Trinajstić information content (AvgIpc) is 2.87. The zero-order chi connectivity index (χ0) is 12.3. The van der Waals surface area contributed by atoms with Gasteiger partial charge in [-0.25, -0.2) is 9.97 Å². The molecule has 0 aromatic carbocycles. The Morgan fingerprint density at radius 1 is 1.59 bits per heavy atom. The first kappa shape index (κ1) is 11.8. The molecule has 4 nitrogen and oxygen atoms in total. The van der Waals surface area contributed by atoms with Gasteiger partial charge in [-0.15, -0.1) is 0 Å². The Morgan fingerprint density at radius 2 is 2.29 bits per heavy atom. The standard InChI is InChI=1S/C13H17N3O/c1-3-12-14-7-11(8-15-12)10-5-6-16(9-10)13(17)4-2/h4,7-8,10H,2-3,5-6,9H2,1H3. The van der Waals surface area contributed by atoms with E-state index in [2.05, 4.69) is 16.5 Å². The van der Waals surface area contributed by atoms with Gasteiger partial charge in [0.2, 0.25) is 5.91 Å². The number of hydrogen-bond acceptors (Lipinski definition) is 3. The van der Waals surface area contributed by atoms with Gasteiger partial charge in [0.15, 0.2) is 0 Å². The Kier molecular flexibility index (Phi) is 3.52. The lowest BCUT2D eigenvalue weighted by atomic mass is 10.0. The molecule has 1 saturated heterocycles. The highest BCUT2D eigenvalue weighted by Gasteiger charge is 2.26. The fourth-order valence-electron chi connectivity index (χ4n) is 2.12. The van der Waals surface area contributed by atoms with Crippen molar-refractivity contribution in [1.29, 1.82) is 0 Å². The molecule has 0 bridgehead atoms. The monoisotopic (exact) mass is 231 g/mol. The third kappa shape index (κ3) is 2.52. The van der Waals surface area contributed by atoms with Crippen molar-refractivity contribution in [2.24, 2.45) is 0 Å². The molecule has 1 fully saturated rings. The first-order valence-electron chi connectivity index (χ1n) is 5.96. The number of aromatic nitrogens is 2. The summed E-state index contributed by atoms with van der Waals surface area (Å²) in [5.74, 6) is 1.24. The van der Waals surface area contributed by atoms with Crippen LogP contribution in [-0.2, 0) is 11.2 Å². The Balaban J connectivity index is 2.04. The number of carbonyl (C=O) groups is 1. The van der Waals surface area contributed by atoms with Crippen molar-refractivity contribution in [3.05, 3.63) is 36.4 Å². The number of nitrogens with zero attached hydrogens (tertiary/aromatic N) is 3. The van der Waals surface area contributed by atoms with Crippen LogP contribution >= 0.6 is 0 Å². The lowest BCUT2D eigenvalue weighted by molar-refractivity contribution is -0.125. The summed E-state index contributed by atoms with van der Waals surface area (Å²) in [6.07, 6.45) is 6.98. The summed E-state index contributed by atoms with van der Waals surface area (Å²) < 4.78 is 0. The highest BCUT2D eigenvalue weighted by atomic mass is 16.2. The SMILES string of the molecule is C=CC(=O)N1CCC(c2cnc(CC)nc2)C1. The lowest BCUT2D eigenvalue weighted by Gasteiger charge is -2.14. The van der Waals surface area contributed by atoms with Crippen LogP contribution < -0.4 is 0 Å². The van der Waals surface area contributed by atoms with E-state index in [1.54, 1.807) is 0 Å². The average molecular weight is 231 g/mol. The van der Waals surface area contributed by atoms with Gasteiger partial charge in [-0.2, -0.15) is 0 Å². The molecule has 0 saturated carbocycles. The van der Waals surface area contributed by atoms with Gasteiger partial charge in [-0.1, -0.05) is 13.5 Å². The van der Waals surface area contributed by atoms with Gasteiger partial charge >= 0.3 is 0 Å². The molecule has 1 aromatic rings. The number of aryl methyl sites for hydroxylation is 1. The van der Waals surface area contributed by atoms with Gasteiger partial charge in [0.25, 0.3) is 0 Å². The van der Waals surface area contributed by atoms with Crippen LogP contribution in [0.15, 0.2) is 25.0 Å². The fourth-order valence-corrected chi connectivity index (χ4v) is 2.12. The van der Waals surface area contributed by atoms with Crippen molar-refractivity contribution in [2.45, 2.75) is 25.7 Å². The maximum absolute atomic E-state index is 11.5. The van der Waals surface area contributed by atoms with E-state index in [0.717, 1.165) is 37.3 Å². The molecule has 1 atom stereocenters. The third-order valence-corrected chi connectivity index (χ3v) is 3.19. The molecule has 1 aromatic heterocycles. The maximum Gasteiger partial charge on any atom is 0.245 e. The number of likely N-dealkylation sites (tertiary alicyclic amines) is 1. The predicted molar refractivity (Wildman–Crippen MR) is 65.5 cm³/mol. The Labute approximate surface area is 101 Å². The van der Waals surface area contributed by atoms with E-state index in [4.69, 9.17) is 0 Å². The van der Waals surface area contributed by atoms with Gasteiger partial charge in [0, 0.05) is 37.8 Å². The van der Waals surface area contributed by atoms with Crippen molar-refractivity contribution in [3.8, 4) is 0 Å². The molecule has 0 spiro atoms. The Bertz CT molecular complexity index is 413. The zero-order valence-corrected chi connectivity index (χ0v) is 10.1. The molecule has 4 heteroatoms. The van der Waals surface area contributed by atoms with Crippen LogP contribution in [0.1, 0.15) is 30.7 Å². The molecule has 1 aliphatic heterocycles. The Hall–Kier alpha value is -1.71. The summed E-state index contributed by atoms with van der Waals surface area (Å²) >= 11 is 0. The van der Waals surface area contributed by atoms with Crippen molar-refractivity contribution in [2.75, 3.05) is 13.1 Å². The van der Waals surface area contributed by atoms with E-state index in [1.807, 2.05) is 24.2 Å². The largest absolute Gasteiger partial charge is 0.339 e. The summed E-state index contributed by atoms with van der Waals surface area (Å²) in [7, 11) is 0. The van der Waals surface area contributed by atoms with Crippen molar-refractivity contribution >= 4 is 5.91 Å². The second-order valence-electron chi connectivity index (χ2n) is 4.26. The molecule has 1 aliphatic rings. The smallest absolute Gasteiger partial charge is 0.245 e. The van der Waals surface area contributed by atoms with E-state index in [0.29, 0.717) is 5.92 Å². The minimum atomic E-state index is 0.0126. The molecule has 90 valence electrons.